The van der Waals surface area contributed by atoms with Crippen molar-refractivity contribution in [2.45, 2.75) is 26.3 Å². The van der Waals surface area contributed by atoms with Crippen molar-refractivity contribution in [2.75, 3.05) is 10.6 Å². The topological polar surface area (TPSA) is 41.1 Å². The van der Waals surface area contributed by atoms with E-state index in [1.807, 2.05) is 43.3 Å². The van der Waals surface area contributed by atoms with Crippen LogP contribution < -0.4 is 10.6 Å². The first-order chi connectivity index (χ1) is 10.1. The van der Waals surface area contributed by atoms with Crippen molar-refractivity contribution in [3.05, 3.63) is 58.6 Å². The average molecular weight is 347 g/mol. The highest BCUT2D eigenvalue weighted by molar-refractivity contribution is 9.10. The summed E-state index contributed by atoms with van der Waals surface area (Å²) in [6.45, 7) is 3.97. The lowest BCUT2D eigenvalue weighted by Gasteiger charge is -2.16. The fraction of sp³-hybridized carbons (Fsp3) is 0.235. The summed E-state index contributed by atoms with van der Waals surface area (Å²) >= 11 is 3.37. The third-order valence-electron chi connectivity index (χ3n) is 3.22. The van der Waals surface area contributed by atoms with Crippen molar-refractivity contribution in [1.82, 2.24) is 0 Å². The van der Waals surface area contributed by atoms with Gasteiger partial charge in [-0.05, 0) is 55.3 Å². The summed E-state index contributed by atoms with van der Waals surface area (Å²) < 4.78 is 0.989. The number of amides is 1. The highest BCUT2D eigenvalue weighted by Crippen LogP contribution is 2.16. The number of halogens is 1. The van der Waals surface area contributed by atoms with Crippen molar-refractivity contribution in [3.63, 3.8) is 0 Å². The second kappa shape index (κ2) is 7.27. The number of aryl methyl sites for hydroxylation is 1. The molecule has 0 aliphatic carbocycles. The minimum atomic E-state index is -0.305. The Hall–Kier alpha value is -1.81. The first-order valence-corrected chi connectivity index (χ1v) is 7.79. The van der Waals surface area contributed by atoms with Crippen molar-refractivity contribution in [2.24, 2.45) is 0 Å². The zero-order valence-corrected chi connectivity index (χ0v) is 13.8. The molecule has 0 aromatic heterocycles. The van der Waals surface area contributed by atoms with E-state index in [1.165, 1.54) is 5.56 Å². The van der Waals surface area contributed by atoms with Gasteiger partial charge in [-0.25, -0.2) is 0 Å². The van der Waals surface area contributed by atoms with Crippen LogP contribution in [0.2, 0.25) is 0 Å². The van der Waals surface area contributed by atoms with Crippen LogP contribution in [0.3, 0.4) is 0 Å². The molecule has 0 saturated heterocycles. The van der Waals surface area contributed by atoms with Gasteiger partial charge in [0, 0.05) is 15.8 Å². The van der Waals surface area contributed by atoms with Crippen molar-refractivity contribution >= 4 is 33.2 Å². The van der Waals surface area contributed by atoms with Crippen LogP contribution in [0.25, 0.3) is 0 Å². The fourth-order valence-corrected chi connectivity index (χ4v) is 2.24. The van der Waals surface area contributed by atoms with Gasteiger partial charge >= 0.3 is 0 Å². The Morgan fingerprint density at radius 2 is 1.86 bits per heavy atom. The molecule has 110 valence electrons. The summed E-state index contributed by atoms with van der Waals surface area (Å²) in [7, 11) is 0. The summed E-state index contributed by atoms with van der Waals surface area (Å²) in [6, 6.07) is 15.4. The minimum absolute atomic E-state index is 0.0563. The Bertz CT molecular complexity index is 610. The van der Waals surface area contributed by atoms with Gasteiger partial charge in [0.1, 0.15) is 6.04 Å². The van der Waals surface area contributed by atoms with Crippen molar-refractivity contribution < 1.29 is 4.79 Å². The Kier molecular flexibility index (Phi) is 5.39. The molecular weight excluding hydrogens is 328 g/mol. The normalized spacial score (nSPS) is 11.8. The van der Waals surface area contributed by atoms with Crippen LogP contribution in [0, 0.1) is 0 Å². The molecule has 0 radical (unpaired) electrons. The molecule has 1 atom stereocenters. The molecule has 2 aromatic rings. The van der Waals surface area contributed by atoms with Gasteiger partial charge in [0.25, 0.3) is 0 Å². The Morgan fingerprint density at radius 3 is 2.52 bits per heavy atom. The predicted octanol–water partition coefficient (Wildman–Crippen LogP) is 4.45. The number of carbonyl (C=O) groups is 1. The summed E-state index contributed by atoms with van der Waals surface area (Å²) in [5, 5.41) is 6.12. The average Bonchev–Trinajstić information content (AvgIpc) is 2.49. The first-order valence-electron chi connectivity index (χ1n) is 7.00. The summed E-state index contributed by atoms with van der Waals surface area (Å²) in [5.74, 6) is -0.0563. The lowest BCUT2D eigenvalue weighted by molar-refractivity contribution is -0.116. The molecule has 0 bridgehead atoms. The fourth-order valence-electron chi connectivity index (χ4n) is 1.98. The van der Waals surface area contributed by atoms with Crippen LogP contribution in [-0.2, 0) is 11.2 Å². The largest absolute Gasteiger partial charge is 0.374 e. The Labute approximate surface area is 133 Å². The molecule has 1 unspecified atom stereocenters. The summed E-state index contributed by atoms with van der Waals surface area (Å²) in [6.07, 6.45) is 0.981. The van der Waals surface area contributed by atoms with E-state index in [0.29, 0.717) is 0 Å². The maximum atomic E-state index is 12.2. The zero-order valence-electron chi connectivity index (χ0n) is 12.2. The minimum Gasteiger partial charge on any atom is -0.374 e. The number of nitrogens with one attached hydrogen (secondary N) is 2. The van der Waals surface area contributed by atoms with Gasteiger partial charge < -0.3 is 10.6 Å². The monoisotopic (exact) mass is 346 g/mol. The molecule has 0 fully saturated rings. The first kappa shape index (κ1) is 15.6. The lowest BCUT2D eigenvalue weighted by Crippen LogP contribution is -2.31. The van der Waals surface area contributed by atoms with E-state index >= 15 is 0 Å². The van der Waals surface area contributed by atoms with Gasteiger partial charge in [-0.15, -0.1) is 0 Å². The number of hydrogen-bond acceptors (Lipinski definition) is 2. The number of anilines is 2. The second-order valence-electron chi connectivity index (χ2n) is 4.92. The zero-order chi connectivity index (χ0) is 15.2. The summed E-state index contributed by atoms with van der Waals surface area (Å²) in [5.41, 5.74) is 3.01. The third-order valence-corrected chi connectivity index (χ3v) is 3.75. The molecule has 0 spiro atoms. The van der Waals surface area contributed by atoms with Crippen LogP contribution in [0.1, 0.15) is 19.4 Å². The van der Waals surface area contributed by atoms with Gasteiger partial charge in [0.2, 0.25) is 5.91 Å². The van der Waals surface area contributed by atoms with E-state index in [0.717, 1.165) is 22.3 Å². The quantitative estimate of drug-likeness (QED) is 0.839. The van der Waals surface area contributed by atoms with E-state index in [1.54, 1.807) is 0 Å². The van der Waals surface area contributed by atoms with Crippen molar-refractivity contribution in [1.29, 1.82) is 0 Å². The molecule has 3 nitrogen and oxygen atoms in total. The highest BCUT2D eigenvalue weighted by atomic mass is 79.9. The number of carbonyl (C=O) groups excluding carboxylic acids is 1. The Morgan fingerprint density at radius 1 is 1.14 bits per heavy atom. The Balaban J connectivity index is 1.97. The van der Waals surface area contributed by atoms with Crippen LogP contribution >= 0.6 is 15.9 Å². The molecule has 0 aliphatic rings. The maximum absolute atomic E-state index is 12.2. The number of rotatable bonds is 5. The van der Waals surface area contributed by atoms with Gasteiger partial charge in [-0.2, -0.15) is 0 Å². The molecule has 0 aliphatic heterocycles. The van der Waals surface area contributed by atoms with Crippen molar-refractivity contribution in [3.8, 4) is 0 Å². The van der Waals surface area contributed by atoms with E-state index in [2.05, 4.69) is 45.6 Å². The number of hydrogen-bond donors (Lipinski definition) is 2. The molecule has 0 saturated carbocycles. The van der Waals surface area contributed by atoms with E-state index in [-0.39, 0.29) is 11.9 Å². The third kappa shape index (κ3) is 4.60. The summed E-state index contributed by atoms with van der Waals surface area (Å²) in [4.78, 5) is 12.2. The predicted molar refractivity (Wildman–Crippen MR) is 91.7 cm³/mol. The molecule has 4 heteroatoms. The number of benzene rings is 2. The van der Waals surface area contributed by atoms with Gasteiger partial charge in [-0.1, -0.05) is 35.0 Å². The second-order valence-corrected chi connectivity index (χ2v) is 5.83. The standard InChI is InChI=1S/C17H19BrN2O/c1-3-13-5-4-6-16(11-13)19-12(2)17(21)20-15-9-7-14(18)8-10-15/h4-12,19H,3H2,1-2H3,(H,20,21). The SMILES string of the molecule is CCc1cccc(NC(C)C(=O)Nc2ccc(Br)cc2)c1. The molecule has 2 N–H and O–H groups in total. The molecular formula is C17H19BrN2O. The van der Waals surface area contributed by atoms with E-state index in [4.69, 9.17) is 0 Å². The van der Waals surface area contributed by atoms with Gasteiger partial charge in [0.05, 0.1) is 0 Å². The van der Waals surface area contributed by atoms with E-state index < -0.39 is 0 Å². The van der Waals surface area contributed by atoms with Gasteiger partial charge in [-0.3, -0.25) is 4.79 Å². The van der Waals surface area contributed by atoms with Crippen LogP contribution in [0.5, 0.6) is 0 Å². The van der Waals surface area contributed by atoms with E-state index in [9.17, 15) is 4.79 Å². The molecule has 0 heterocycles. The molecule has 2 aromatic carbocycles. The molecule has 1 amide bonds. The lowest BCUT2D eigenvalue weighted by atomic mass is 10.1. The molecule has 21 heavy (non-hydrogen) atoms. The van der Waals surface area contributed by atoms with Crippen LogP contribution in [-0.4, -0.2) is 11.9 Å². The van der Waals surface area contributed by atoms with Gasteiger partial charge in [0.15, 0.2) is 0 Å². The smallest absolute Gasteiger partial charge is 0.246 e. The van der Waals surface area contributed by atoms with Crippen LogP contribution in [0.15, 0.2) is 53.0 Å². The van der Waals surface area contributed by atoms with Crippen LogP contribution in [0.4, 0.5) is 11.4 Å². The highest BCUT2D eigenvalue weighted by Gasteiger charge is 2.12. The maximum Gasteiger partial charge on any atom is 0.246 e. The molecule has 2 rings (SSSR count).